The minimum absolute atomic E-state index is 0.105. The van der Waals surface area contributed by atoms with Crippen LogP contribution in [0.2, 0.25) is 0 Å². The van der Waals surface area contributed by atoms with Gasteiger partial charge in [0.05, 0.1) is 4.90 Å². The lowest BCUT2D eigenvalue weighted by Crippen LogP contribution is -2.23. The molecule has 0 fully saturated rings. The van der Waals surface area contributed by atoms with Crippen molar-refractivity contribution >= 4 is 21.6 Å². The number of amides is 1. The lowest BCUT2D eigenvalue weighted by Gasteiger charge is -2.13. The molecule has 0 atom stereocenters. The molecule has 0 saturated heterocycles. The summed E-state index contributed by atoms with van der Waals surface area (Å²) in [5, 5.41) is 2.60. The van der Waals surface area contributed by atoms with Crippen LogP contribution < -0.4 is 14.8 Å². The number of aryl methyl sites for hydroxylation is 2. The van der Waals surface area contributed by atoms with Crippen LogP contribution in [-0.2, 0) is 21.4 Å². The Morgan fingerprint density at radius 1 is 0.968 bits per heavy atom. The van der Waals surface area contributed by atoms with Crippen LogP contribution in [0.25, 0.3) is 0 Å². The molecule has 6 nitrogen and oxygen atoms in total. The van der Waals surface area contributed by atoms with Gasteiger partial charge in [-0.1, -0.05) is 36.4 Å². The fourth-order valence-electron chi connectivity index (χ4n) is 2.87. The number of sulfonamides is 1. The summed E-state index contributed by atoms with van der Waals surface area (Å²) in [6.07, 6.45) is 0. The van der Waals surface area contributed by atoms with Gasteiger partial charge < -0.3 is 10.1 Å². The number of ether oxygens (including phenoxy) is 1. The highest BCUT2D eigenvalue weighted by Gasteiger charge is 2.16. The molecule has 8 heteroatoms. The third kappa shape index (κ3) is 6.13. The highest BCUT2D eigenvalue weighted by atomic mass is 32.2. The van der Waals surface area contributed by atoms with Gasteiger partial charge in [-0.3, -0.25) is 4.79 Å². The van der Waals surface area contributed by atoms with E-state index in [0.717, 1.165) is 11.1 Å². The van der Waals surface area contributed by atoms with Gasteiger partial charge in [0, 0.05) is 12.2 Å². The van der Waals surface area contributed by atoms with Gasteiger partial charge >= 0.3 is 0 Å². The molecule has 3 aromatic rings. The maximum atomic E-state index is 13.4. The van der Waals surface area contributed by atoms with Gasteiger partial charge in [0.25, 0.3) is 5.91 Å². The molecule has 1 amide bonds. The fraction of sp³-hybridized carbons (Fsp3) is 0.174. The maximum Gasteiger partial charge on any atom is 0.262 e. The fourth-order valence-corrected chi connectivity index (χ4v) is 3.97. The number of hydrogen-bond acceptors (Lipinski definition) is 4. The Morgan fingerprint density at radius 3 is 2.42 bits per heavy atom. The van der Waals surface area contributed by atoms with Crippen molar-refractivity contribution in [3.8, 4) is 5.75 Å². The summed E-state index contributed by atoms with van der Waals surface area (Å²) in [6, 6.07) is 17.7. The van der Waals surface area contributed by atoms with Gasteiger partial charge in [0.15, 0.2) is 6.61 Å². The van der Waals surface area contributed by atoms with Gasteiger partial charge in [-0.15, -0.1) is 0 Å². The first-order chi connectivity index (χ1) is 14.7. The number of carbonyl (C=O) groups excluding carboxylic acids is 1. The summed E-state index contributed by atoms with van der Waals surface area (Å²) < 4.78 is 46.5. The van der Waals surface area contributed by atoms with Gasteiger partial charge in [-0.2, -0.15) is 0 Å². The average Bonchev–Trinajstić information content (AvgIpc) is 2.75. The molecule has 0 aliphatic heterocycles. The van der Waals surface area contributed by atoms with E-state index in [2.05, 4.69) is 10.0 Å². The first-order valence-electron chi connectivity index (χ1n) is 9.57. The molecule has 0 radical (unpaired) electrons. The number of benzene rings is 3. The van der Waals surface area contributed by atoms with E-state index in [1.54, 1.807) is 19.9 Å². The first-order valence-corrected chi connectivity index (χ1v) is 11.1. The first kappa shape index (κ1) is 22.5. The Balaban J connectivity index is 1.61. The van der Waals surface area contributed by atoms with Gasteiger partial charge in [0.1, 0.15) is 11.6 Å². The van der Waals surface area contributed by atoms with E-state index in [-0.39, 0.29) is 18.0 Å². The molecular weight excluding hydrogens is 419 g/mol. The van der Waals surface area contributed by atoms with E-state index < -0.39 is 21.7 Å². The second-order valence-corrected chi connectivity index (χ2v) is 8.80. The Morgan fingerprint density at radius 2 is 1.71 bits per heavy atom. The van der Waals surface area contributed by atoms with Crippen LogP contribution >= 0.6 is 0 Å². The molecule has 3 rings (SSSR count). The van der Waals surface area contributed by atoms with Crippen molar-refractivity contribution in [1.29, 1.82) is 0 Å². The Kier molecular flexibility index (Phi) is 7.04. The molecule has 3 aromatic carbocycles. The van der Waals surface area contributed by atoms with Crippen molar-refractivity contribution in [3.63, 3.8) is 0 Å². The molecule has 0 saturated carbocycles. The van der Waals surface area contributed by atoms with Crippen molar-refractivity contribution < 1.29 is 22.3 Å². The van der Waals surface area contributed by atoms with E-state index in [4.69, 9.17) is 4.74 Å². The van der Waals surface area contributed by atoms with Gasteiger partial charge in [0.2, 0.25) is 10.0 Å². The molecule has 0 bridgehead atoms. The molecular formula is C23H23FN2O4S. The minimum Gasteiger partial charge on any atom is -0.483 e. The molecule has 0 spiro atoms. The normalized spacial score (nSPS) is 11.2. The van der Waals surface area contributed by atoms with Crippen LogP contribution in [0.1, 0.15) is 16.7 Å². The number of hydrogen-bond donors (Lipinski definition) is 2. The number of rotatable bonds is 8. The SMILES string of the molecule is Cc1ccc(F)cc1NC(=O)COc1ccc(S(=O)(=O)NCc2ccccc2)cc1C. The lowest BCUT2D eigenvalue weighted by atomic mass is 10.2. The Hall–Kier alpha value is -3.23. The van der Waals surface area contributed by atoms with Crippen molar-refractivity contribution in [3.05, 3.63) is 89.2 Å². The third-order valence-electron chi connectivity index (χ3n) is 4.60. The zero-order valence-electron chi connectivity index (χ0n) is 17.2. The molecule has 0 heterocycles. The standard InChI is InChI=1S/C23H23FN2O4S/c1-16-8-9-19(24)13-21(16)26-23(27)15-30-22-11-10-20(12-17(22)2)31(28,29)25-14-18-6-4-3-5-7-18/h3-13,25H,14-15H2,1-2H3,(H,26,27). The minimum atomic E-state index is -3.70. The van der Waals surface area contributed by atoms with Gasteiger partial charge in [-0.05, 0) is 60.9 Å². The lowest BCUT2D eigenvalue weighted by molar-refractivity contribution is -0.118. The summed E-state index contributed by atoms with van der Waals surface area (Å²) in [7, 11) is -3.70. The monoisotopic (exact) mass is 442 g/mol. The van der Waals surface area contributed by atoms with E-state index >= 15 is 0 Å². The number of halogens is 1. The molecule has 0 aromatic heterocycles. The second-order valence-electron chi connectivity index (χ2n) is 7.03. The molecule has 0 aliphatic carbocycles. The quantitative estimate of drug-likeness (QED) is 0.554. The number of anilines is 1. The van der Waals surface area contributed by atoms with E-state index in [9.17, 15) is 17.6 Å². The predicted octanol–water partition coefficient (Wildman–Crippen LogP) is 3.94. The van der Waals surface area contributed by atoms with Crippen molar-refractivity contribution in [1.82, 2.24) is 4.72 Å². The van der Waals surface area contributed by atoms with Crippen molar-refractivity contribution in [2.75, 3.05) is 11.9 Å². The summed E-state index contributed by atoms with van der Waals surface area (Å²) in [6.45, 7) is 3.33. The summed E-state index contributed by atoms with van der Waals surface area (Å²) in [4.78, 5) is 12.2. The number of carbonyl (C=O) groups is 1. The smallest absolute Gasteiger partial charge is 0.262 e. The zero-order chi connectivity index (χ0) is 22.4. The highest BCUT2D eigenvalue weighted by molar-refractivity contribution is 7.89. The van der Waals surface area contributed by atoms with Crippen LogP contribution in [0.3, 0.4) is 0 Å². The van der Waals surface area contributed by atoms with Crippen molar-refractivity contribution in [2.24, 2.45) is 0 Å². The molecule has 0 unspecified atom stereocenters. The summed E-state index contributed by atoms with van der Waals surface area (Å²) in [5.41, 5.74) is 2.51. The van der Waals surface area contributed by atoms with Crippen LogP contribution in [0.15, 0.2) is 71.6 Å². The summed E-state index contributed by atoms with van der Waals surface area (Å²) >= 11 is 0. The topological polar surface area (TPSA) is 84.5 Å². The zero-order valence-corrected chi connectivity index (χ0v) is 18.0. The molecule has 2 N–H and O–H groups in total. The molecule has 0 aliphatic rings. The highest BCUT2D eigenvalue weighted by Crippen LogP contribution is 2.22. The van der Waals surface area contributed by atoms with E-state index in [0.29, 0.717) is 17.0 Å². The predicted molar refractivity (Wildman–Crippen MR) is 117 cm³/mol. The van der Waals surface area contributed by atoms with Crippen LogP contribution in [0.4, 0.5) is 10.1 Å². The average molecular weight is 443 g/mol. The van der Waals surface area contributed by atoms with Crippen LogP contribution in [0.5, 0.6) is 5.75 Å². The largest absolute Gasteiger partial charge is 0.483 e. The summed E-state index contributed by atoms with van der Waals surface area (Å²) in [5.74, 6) is -0.516. The van der Waals surface area contributed by atoms with E-state index in [1.807, 2.05) is 30.3 Å². The van der Waals surface area contributed by atoms with Crippen LogP contribution in [-0.4, -0.2) is 20.9 Å². The van der Waals surface area contributed by atoms with E-state index in [1.165, 1.54) is 30.3 Å². The Bertz CT molecular complexity index is 1180. The number of nitrogens with one attached hydrogen (secondary N) is 2. The second kappa shape index (κ2) is 9.72. The van der Waals surface area contributed by atoms with Gasteiger partial charge in [-0.25, -0.2) is 17.5 Å². The molecule has 162 valence electrons. The van der Waals surface area contributed by atoms with Crippen molar-refractivity contribution in [2.45, 2.75) is 25.3 Å². The maximum absolute atomic E-state index is 13.4. The van der Waals surface area contributed by atoms with Crippen LogP contribution in [0, 0.1) is 19.7 Å². The molecule has 31 heavy (non-hydrogen) atoms. The Labute approximate surface area is 181 Å². The third-order valence-corrected chi connectivity index (χ3v) is 6.00.